The minimum Gasteiger partial charge on any atom is -0.291 e. The van der Waals surface area contributed by atoms with Gasteiger partial charge in [-0.25, -0.2) is 9.97 Å². The van der Waals surface area contributed by atoms with Gasteiger partial charge in [0.1, 0.15) is 0 Å². The average Bonchev–Trinajstić information content (AvgIpc) is 2.99. The van der Waals surface area contributed by atoms with Crippen LogP contribution in [-0.4, -0.2) is 15.8 Å². The van der Waals surface area contributed by atoms with E-state index in [9.17, 15) is 4.79 Å². The Hall–Kier alpha value is -1.25. The molecule has 1 aromatic rings. The van der Waals surface area contributed by atoms with Crippen LogP contribution >= 0.6 is 0 Å². The molecule has 1 saturated carbocycles. The number of rotatable bonds is 4. The van der Waals surface area contributed by atoms with E-state index in [1.54, 1.807) is 12.4 Å². The Kier molecular flexibility index (Phi) is 2.57. The summed E-state index contributed by atoms with van der Waals surface area (Å²) in [6.45, 7) is 1.92. The van der Waals surface area contributed by atoms with Crippen LogP contribution in [-0.2, 0) is 0 Å². The fraction of sp³-hybridized carbons (Fsp3) is 0.545. The number of aromatic nitrogens is 2. The second kappa shape index (κ2) is 3.86. The lowest BCUT2D eigenvalue weighted by Crippen LogP contribution is -2.05. The van der Waals surface area contributed by atoms with E-state index in [2.05, 4.69) is 9.97 Å². The molecule has 0 bridgehead atoms. The van der Waals surface area contributed by atoms with Crippen molar-refractivity contribution in [3.05, 3.63) is 23.8 Å². The first-order valence-electron chi connectivity index (χ1n) is 5.07. The third-order valence-electron chi connectivity index (χ3n) is 2.51. The van der Waals surface area contributed by atoms with Crippen LogP contribution in [0.4, 0.5) is 0 Å². The highest BCUT2D eigenvalue weighted by molar-refractivity contribution is 5.92. The smallest absolute Gasteiger partial charge is 0.200 e. The summed E-state index contributed by atoms with van der Waals surface area (Å²) in [5.41, 5.74) is 0.990. The lowest BCUT2D eigenvalue weighted by molar-refractivity contribution is 0.0968. The van der Waals surface area contributed by atoms with Gasteiger partial charge in [0.15, 0.2) is 11.6 Å². The zero-order valence-electron chi connectivity index (χ0n) is 8.36. The minimum atomic E-state index is 0.0805. The average molecular weight is 190 g/mol. The van der Waals surface area contributed by atoms with Crippen LogP contribution in [0, 0.1) is 12.8 Å². The highest BCUT2D eigenvalue weighted by Crippen LogP contribution is 2.33. The van der Waals surface area contributed by atoms with Crippen LogP contribution in [0.15, 0.2) is 12.4 Å². The van der Waals surface area contributed by atoms with Gasteiger partial charge in [0.25, 0.3) is 0 Å². The maximum Gasteiger partial charge on any atom is 0.200 e. The Bertz CT molecular complexity index is 328. The van der Waals surface area contributed by atoms with Crippen molar-refractivity contribution in [2.24, 2.45) is 5.92 Å². The summed E-state index contributed by atoms with van der Waals surface area (Å²) in [7, 11) is 0. The maximum atomic E-state index is 11.6. The number of Topliss-reactive ketones (excluding diaryl/α,β-unsaturated/α-hetero) is 1. The minimum absolute atomic E-state index is 0.0805. The summed E-state index contributed by atoms with van der Waals surface area (Å²) in [6, 6.07) is 0. The number of carbonyl (C=O) groups excluding carboxylic acids is 1. The lowest BCUT2D eigenvalue weighted by Gasteiger charge is -1.98. The van der Waals surface area contributed by atoms with Crippen molar-refractivity contribution in [2.45, 2.75) is 32.6 Å². The largest absolute Gasteiger partial charge is 0.291 e. The van der Waals surface area contributed by atoms with E-state index in [0.29, 0.717) is 12.2 Å². The number of hydrogen-bond acceptors (Lipinski definition) is 3. The topological polar surface area (TPSA) is 42.9 Å². The molecule has 1 aliphatic carbocycles. The molecule has 0 radical (unpaired) electrons. The second-order valence-electron chi connectivity index (χ2n) is 3.99. The summed E-state index contributed by atoms with van der Waals surface area (Å²) < 4.78 is 0. The molecule has 1 fully saturated rings. The molecule has 0 saturated heterocycles. The number of nitrogens with zero attached hydrogens (tertiary/aromatic N) is 2. The first-order valence-corrected chi connectivity index (χ1v) is 5.07. The predicted molar refractivity (Wildman–Crippen MR) is 53.1 cm³/mol. The monoisotopic (exact) mass is 190 g/mol. The number of hydrogen-bond donors (Lipinski definition) is 0. The van der Waals surface area contributed by atoms with Crippen molar-refractivity contribution in [2.75, 3.05) is 0 Å². The molecular weight excluding hydrogens is 176 g/mol. The van der Waals surface area contributed by atoms with Crippen LogP contribution in [0.25, 0.3) is 0 Å². The molecule has 14 heavy (non-hydrogen) atoms. The van der Waals surface area contributed by atoms with Gasteiger partial charge in [0, 0.05) is 18.8 Å². The van der Waals surface area contributed by atoms with Crippen molar-refractivity contribution in [1.29, 1.82) is 0 Å². The van der Waals surface area contributed by atoms with Gasteiger partial charge in [-0.3, -0.25) is 4.79 Å². The van der Waals surface area contributed by atoms with Crippen LogP contribution in [0.3, 0.4) is 0 Å². The van der Waals surface area contributed by atoms with Crippen LogP contribution in [0.2, 0.25) is 0 Å². The Morgan fingerprint density at radius 2 is 2.07 bits per heavy atom. The second-order valence-corrected chi connectivity index (χ2v) is 3.99. The van der Waals surface area contributed by atoms with Gasteiger partial charge in [-0.15, -0.1) is 0 Å². The van der Waals surface area contributed by atoms with Crippen LogP contribution in [0.5, 0.6) is 0 Å². The van der Waals surface area contributed by atoms with Crippen molar-refractivity contribution in [3.8, 4) is 0 Å². The first kappa shape index (κ1) is 9.31. The summed E-state index contributed by atoms with van der Waals surface area (Å²) in [5, 5.41) is 0. The molecule has 3 nitrogen and oxygen atoms in total. The molecular formula is C11H14N2O. The van der Waals surface area contributed by atoms with E-state index < -0.39 is 0 Å². The lowest BCUT2D eigenvalue weighted by atomic mass is 10.1. The third kappa shape index (κ3) is 2.37. The molecule has 0 aromatic carbocycles. The molecule has 3 heteroatoms. The van der Waals surface area contributed by atoms with E-state index in [1.165, 1.54) is 12.8 Å². The highest BCUT2D eigenvalue weighted by atomic mass is 16.1. The van der Waals surface area contributed by atoms with Crippen LogP contribution < -0.4 is 0 Å². The molecule has 1 aromatic heterocycles. The summed E-state index contributed by atoms with van der Waals surface area (Å²) in [5.74, 6) is 1.25. The highest BCUT2D eigenvalue weighted by Gasteiger charge is 2.22. The van der Waals surface area contributed by atoms with Gasteiger partial charge in [0.05, 0.1) is 0 Å². The van der Waals surface area contributed by atoms with Gasteiger partial charge in [0.2, 0.25) is 0 Å². The molecule has 74 valence electrons. The zero-order valence-corrected chi connectivity index (χ0v) is 8.36. The van der Waals surface area contributed by atoms with Gasteiger partial charge in [-0.1, -0.05) is 12.8 Å². The standard InChI is InChI=1S/C11H14N2O/c1-8-6-12-11(13-7-8)10(14)5-4-9-2-3-9/h6-7,9H,2-5H2,1H3. The maximum absolute atomic E-state index is 11.6. The Morgan fingerprint density at radius 3 is 2.64 bits per heavy atom. The molecule has 1 heterocycles. The number of aryl methyl sites for hydroxylation is 1. The number of ketones is 1. The van der Waals surface area contributed by atoms with E-state index in [1.807, 2.05) is 6.92 Å². The SMILES string of the molecule is Cc1cnc(C(=O)CCC2CC2)nc1. The fourth-order valence-corrected chi connectivity index (χ4v) is 1.39. The molecule has 0 amide bonds. The number of carbonyl (C=O) groups is 1. The molecule has 0 spiro atoms. The normalized spacial score (nSPS) is 15.5. The van der Waals surface area contributed by atoms with Gasteiger partial charge >= 0.3 is 0 Å². The van der Waals surface area contributed by atoms with Crippen molar-refractivity contribution < 1.29 is 4.79 Å². The summed E-state index contributed by atoms with van der Waals surface area (Å²) >= 11 is 0. The van der Waals surface area contributed by atoms with E-state index >= 15 is 0 Å². The molecule has 0 N–H and O–H groups in total. The van der Waals surface area contributed by atoms with Crippen molar-refractivity contribution in [3.63, 3.8) is 0 Å². The van der Waals surface area contributed by atoms with Crippen molar-refractivity contribution >= 4 is 5.78 Å². The quantitative estimate of drug-likeness (QED) is 0.683. The van der Waals surface area contributed by atoms with Crippen molar-refractivity contribution in [1.82, 2.24) is 9.97 Å². The van der Waals surface area contributed by atoms with Gasteiger partial charge < -0.3 is 0 Å². The molecule has 0 atom stereocenters. The fourth-order valence-electron chi connectivity index (χ4n) is 1.39. The molecule has 1 aliphatic rings. The molecule has 2 rings (SSSR count). The third-order valence-corrected chi connectivity index (χ3v) is 2.51. The Balaban J connectivity index is 1.92. The van der Waals surface area contributed by atoms with E-state index in [0.717, 1.165) is 17.9 Å². The Morgan fingerprint density at radius 1 is 1.43 bits per heavy atom. The van der Waals surface area contributed by atoms with Crippen LogP contribution in [0.1, 0.15) is 41.9 Å². The molecule has 0 aliphatic heterocycles. The summed E-state index contributed by atoms with van der Waals surface area (Å²) in [6.07, 6.45) is 7.59. The van der Waals surface area contributed by atoms with E-state index in [4.69, 9.17) is 0 Å². The summed E-state index contributed by atoms with van der Waals surface area (Å²) in [4.78, 5) is 19.6. The molecule has 0 unspecified atom stereocenters. The van der Waals surface area contributed by atoms with Gasteiger partial charge in [-0.2, -0.15) is 0 Å². The predicted octanol–water partition coefficient (Wildman–Crippen LogP) is 2.16. The van der Waals surface area contributed by atoms with Gasteiger partial charge in [-0.05, 0) is 24.8 Å². The van der Waals surface area contributed by atoms with E-state index in [-0.39, 0.29) is 5.78 Å². The first-order chi connectivity index (χ1) is 6.75. The zero-order chi connectivity index (χ0) is 9.97. The Labute approximate surface area is 83.6 Å².